The molecule has 1 aliphatic heterocycles. The van der Waals surface area contributed by atoms with Crippen LogP contribution in [0.5, 0.6) is 0 Å². The highest BCUT2D eigenvalue weighted by molar-refractivity contribution is 7.91. The molecule has 2 aromatic carbocycles. The quantitative estimate of drug-likeness (QED) is 0.365. The number of H-pyrrole nitrogens is 1. The average molecular weight is 623 g/mol. The maximum atomic E-state index is 14.2. The lowest BCUT2D eigenvalue weighted by Crippen LogP contribution is -2.37. The molecule has 0 spiro atoms. The summed E-state index contributed by atoms with van der Waals surface area (Å²) >= 11 is 12.4. The van der Waals surface area contributed by atoms with Crippen LogP contribution in [0.15, 0.2) is 38.8 Å². The van der Waals surface area contributed by atoms with Gasteiger partial charge in [0.2, 0.25) is 0 Å². The van der Waals surface area contributed by atoms with Crippen LogP contribution in [-0.4, -0.2) is 59.0 Å². The summed E-state index contributed by atoms with van der Waals surface area (Å²) in [5.74, 6) is -0.276. The molecular weight excluding hydrogens is 600 g/mol. The van der Waals surface area contributed by atoms with Gasteiger partial charge < -0.3 is 15.4 Å². The number of amides is 1. The molecule has 10 nitrogen and oxygen atoms in total. The Labute approximate surface area is 235 Å². The molecule has 3 aromatic rings. The highest BCUT2D eigenvalue weighted by Gasteiger charge is 2.37. The van der Waals surface area contributed by atoms with E-state index in [4.69, 9.17) is 28.3 Å². The van der Waals surface area contributed by atoms with Crippen LogP contribution in [0.4, 0.5) is 18.0 Å². The van der Waals surface area contributed by atoms with Gasteiger partial charge in [-0.05, 0) is 41.8 Å². The summed E-state index contributed by atoms with van der Waals surface area (Å²) in [6, 6.07) is 3.95. The first kappa shape index (κ1) is 29.9. The fourth-order valence-electron chi connectivity index (χ4n) is 4.74. The minimum absolute atomic E-state index is 0.0126. The number of hydrogen-bond acceptors (Lipinski definition) is 6. The molecule has 16 heteroatoms. The van der Waals surface area contributed by atoms with Crippen LogP contribution < -0.4 is 16.6 Å². The molecule has 40 heavy (non-hydrogen) atoms. The van der Waals surface area contributed by atoms with E-state index in [9.17, 15) is 36.0 Å². The van der Waals surface area contributed by atoms with Gasteiger partial charge in [-0.1, -0.05) is 30.1 Å². The van der Waals surface area contributed by atoms with E-state index >= 15 is 0 Å². The second kappa shape index (κ2) is 11.1. The first-order chi connectivity index (χ1) is 18.6. The van der Waals surface area contributed by atoms with Crippen LogP contribution in [0.3, 0.4) is 0 Å². The number of likely N-dealkylation sites (tertiary alicyclic amines) is 1. The number of aromatic amines is 1. The van der Waals surface area contributed by atoms with Crippen molar-refractivity contribution in [2.24, 2.45) is 0 Å². The van der Waals surface area contributed by atoms with Crippen LogP contribution in [0.25, 0.3) is 10.9 Å². The zero-order valence-corrected chi connectivity index (χ0v) is 23.1. The number of fused-ring (bicyclic) bond motifs is 1. The van der Waals surface area contributed by atoms with Crippen LogP contribution in [-0.2, 0) is 29.1 Å². The summed E-state index contributed by atoms with van der Waals surface area (Å²) in [6.45, 7) is 0.945. The molecule has 1 aromatic heterocycles. The summed E-state index contributed by atoms with van der Waals surface area (Å²) in [5, 5.41) is 10.3. The first-order valence-electron chi connectivity index (χ1n) is 11.9. The standard InChI is InChI=1S/C24H23Cl2F3N4O6S/c1-2-40(38,39)18-4-3-13(25)7-12(18)9-33-21(34)15-8-17(24(27,28)29)16(19(26)20(15)31-22(33)35)11-32-6-5-14(10-32)30-23(36)37/h3-4,7-8,14,30H,2,5-6,9-11H2,1H3,(H,31,35)(H,36,37)/t14-/m1/s1. The number of nitrogens with one attached hydrogen (secondary N) is 2. The fourth-order valence-corrected chi connectivity index (χ4v) is 6.35. The molecule has 0 bridgehead atoms. The Hall–Kier alpha value is -3.07. The van der Waals surface area contributed by atoms with Gasteiger partial charge in [0, 0.05) is 30.7 Å². The van der Waals surface area contributed by atoms with Crippen LogP contribution >= 0.6 is 23.2 Å². The maximum absolute atomic E-state index is 14.2. The van der Waals surface area contributed by atoms with Crippen molar-refractivity contribution < 1.29 is 31.5 Å². The van der Waals surface area contributed by atoms with E-state index in [1.54, 1.807) is 4.90 Å². The number of halogens is 5. The van der Waals surface area contributed by atoms with Gasteiger partial charge >= 0.3 is 18.0 Å². The molecule has 1 fully saturated rings. The molecule has 216 valence electrons. The van der Waals surface area contributed by atoms with E-state index in [2.05, 4.69) is 10.3 Å². The number of hydrogen-bond donors (Lipinski definition) is 3. The van der Waals surface area contributed by atoms with Crippen molar-refractivity contribution in [3.63, 3.8) is 0 Å². The minimum atomic E-state index is -4.92. The number of alkyl halides is 3. The van der Waals surface area contributed by atoms with Gasteiger partial charge in [0.15, 0.2) is 9.84 Å². The van der Waals surface area contributed by atoms with Crippen molar-refractivity contribution in [3.05, 3.63) is 71.8 Å². The molecule has 2 heterocycles. The van der Waals surface area contributed by atoms with Crippen LogP contribution in [0.1, 0.15) is 30.0 Å². The third-order valence-corrected chi connectivity index (χ3v) is 9.15. The van der Waals surface area contributed by atoms with Crippen molar-refractivity contribution in [2.45, 2.75) is 43.5 Å². The van der Waals surface area contributed by atoms with E-state index in [0.717, 1.165) is 0 Å². The third kappa shape index (κ3) is 5.99. The number of rotatable bonds is 7. The van der Waals surface area contributed by atoms with Crippen molar-refractivity contribution >= 4 is 50.0 Å². The minimum Gasteiger partial charge on any atom is -0.465 e. The number of carbonyl (C=O) groups is 1. The lowest BCUT2D eigenvalue weighted by atomic mass is 10.0. The molecular formula is C24H23Cl2F3N4O6S. The molecule has 1 aliphatic rings. The number of benzene rings is 2. The molecule has 0 unspecified atom stereocenters. The predicted octanol–water partition coefficient (Wildman–Crippen LogP) is 3.70. The molecule has 0 aliphatic carbocycles. The van der Waals surface area contributed by atoms with Crippen molar-refractivity contribution in [3.8, 4) is 0 Å². The highest BCUT2D eigenvalue weighted by atomic mass is 35.5. The molecule has 0 radical (unpaired) electrons. The molecule has 1 amide bonds. The number of sulfone groups is 1. The van der Waals surface area contributed by atoms with Crippen LogP contribution in [0, 0.1) is 0 Å². The lowest BCUT2D eigenvalue weighted by molar-refractivity contribution is -0.138. The summed E-state index contributed by atoms with van der Waals surface area (Å²) in [4.78, 5) is 41.0. The molecule has 1 saturated heterocycles. The zero-order chi connectivity index (χ0) is 29.6. The van der Waals surface area contributed by atoms with E-state index in [-0.39, 0.29) is 51.9 Å². The van der Waals surface area contributed by atoms with E-state index < -0.39 is 61.9 Å². The SMILES string of the molecule is CCS(=O)(=O)c1ccc(Cl)cc1Cn1c(=O)[nH]c2c(Cl)c(CN3CC[C@@H](NC(=O)O)C3)c(C(F)(F)F)cc2c1=O. The summed E-state index contributed by atoms with van der Waals surface area (Å²) in [5.41, 5.74) is -3.98. The Morgan fingerprint density at radius 1 is 1.20 bits per heavy atom. The van der Waals surface area contributed by atoms with Gasteiger partial charge in [0.1, 0.15) is 0 Å². The highest BCUT2D eigenvalue weighted by Crippen LogP contribution is 2.39. The van der Waals surface area contributed by atoms with Crippen molar-refractivity contribution in [1.82, 2.24) is 19.8 Å². The van der Waals surface area contributed by atoms with Crippen molar-refractivity contribution in [2.75, 3.05) is 18.8 Å². The number of carboxylic acid groups (broad SMARTS) is 1. The molecule has 4 rings (SSSR count). The smallest absolute Gasteiger partial charge is 0.416 e. The van der Waals surface area contributed by atoms with E-state index in [1.165, 1.54) is 25.1 Å². The van der Waals surface area contributed by atoms with Gasteiger partial charge in [0.05, 0.1) is 38.7 Å². The first-order valence-corrected chi connectivity index (χ1v) is 14.3. The average Bonchev–Trinajstić information content (AvgIpc) is 3.29. The van der Waals surface area contributed by atoms with Gasteiger partial charge in [-0.2, -0.15) is 13.2 Å². The number of aromatic nitrogens is 2. The topological polar surface area (TPSA) is 142 Å². The zero-order valence-electron chi connectivity index (χ0n) is 20.8. The predicted molar refractivity (Wildman–Crippen MR) is 142 cm³/mol. The molecule has 3 N–H and O–H groups in total. The second-order valence-corrected chi connectivity index (χ2v) is 12.3. The Morgan fingerprint density at radius 2 is 1.90 bits per heavy atom. The third-order valence-electron chi connectivity index (χ3n) is 6.67. The summed E-state index contributed by atoms with van der Waals surface area (Å²) in [6.07, 6.45) is -5.80. The Kier molecular flexibility index (Phi) is 8.28. The van der Waals surface area contributed by atoms with Crippen LogP contribution in [0.2, 0.25) is 10.0 Å². The maximum Gasteiger partial charge on any atom is 0.416 e. The Morgan fingerprint density at radius 3 is 2.52 bits per heavy atom. The van der Waals surface area contributed by atoms with Gasteiger partial charge in [-0.3, -0.25) is 14.3 Å². The number of nitrogens with zero attached hydrogens (tertiary/aromatic N) is 2. The Bertz CT molecular complexity index is 1720. The van der Waals surface area contributed by atoms with Gasteiger partial charge in [-0.25, -0.2) is 18.0 Å². The summed E-state index contributed by atoms with van der Waals surface area (Å²) in [7, 11) is -3.79. The summed E-state index contributed by atoms with van der Waals surface area (Å²) < 4.78 is 68.2. The van der Waals surface area contributed by atoms with Crippen molar-refractivity contribution in [1.29, 1.82) is 0 Å². The van der Waals surface area contributed by atoms with Gasteiger partial charge in [-0.15, -0.1) is 0 Å². The van der Waals surface area contributed by atoms with E-state index in [1.807, 2.05) is 0 Å². The molecule has 1 atom stereocenters. The van der Waals surface area contributed by atoms with Gasteiger partial charge in [0.25, 0.3) is 5.56 Å². The fraction of sp³-hybridized carbons (Fsp3) is 0.375. The largest absolute Gasteiger partial charge is 0.465 e. The normalized spacial score (nSPS) is 16.5. The monoisotopic (exact) mass is 622 g/mol. The Balaban J connectivity index is 1.84. The molecule has 0 saturated carbocycles. The lowest BCUT2D eigenvalue weighted by Gasteiger charge is -2.22. The second-order valence-electron chi connectivity index (χ2n) is 9.28. The van der Waals surface area contributed by atoms with E-state index in [0.29, 0.717) is 17.1 Å².